The van der Waals surface area contributed by atoms with Crippen LogP contribution in [0.1, 0.15) is 22.3 Å². The molecule has 0 aliphatic carbocycles. The molecule has 174 valence electrons. The number of rotatable bonds is 3. The number of carbonyl (C=O) groups is 2. The number of hydrogen-bond acceptors (Lipinski definition) is 6. The fourth-order valence-electron chi connectivity index (χ4n) is 3.91. The lowest BCUT2D eigenvalue weighted by atomic mass is 10.0. The normalized spacial score (nSPS) is 20.0. The number of carbonyl (C=O) groups excluding carboxylic acids is 2. The van der Waals surface area contributed by atoms with Crippen molar-refractivity contribution in [2.75, 3.05) is 18.6 Å². The number of aromatic hydroxyl groups is 1. The molecule has 0 aromatic heterocycles. The first-order chi connectivity index (χ1) is 15.6. The Labute approximate surface area is 204 Å². The van der Waals surface area contributed by atoms with Crippen LogP contribution in [-0.2, 0) is 4.74 Å². The molecule has 2 atom stereocenters. The van der Waals surface area contributed by atoms with Gasteiger partial charge >= 0.3 is 6.09 Å². The zero-order valence-electron chi connectivity index (χ0n) is 17.2. The maximum Gasteiger partial charge on any atom is 0.416 e. The van der Waals surface area contributed by atoms with Crippen LogP contribution in [0, 0.1) is 0 Å². The fraction of sp³-hybridized carbons (Fsp3) is 0.273. The number of fused-ring (bicyclic) bond motifs is 2. The maximum absolute atomic E-state index is 13.5. The van der Waals surface area contributed by atoms with Gasteiger partial charge in [-0.3, -0.25) is 4.79 Å². The molecule has 4 rings (SSSR count). The third-order valence-electron chi connectivity index (χ3n) is 5.41. The summed E-state index contributed by atoms with van der Waals surface area (Å²) in [5.41, 5.74) is 1.63. The minimum atomic E-state index is -1.88. The van der Waals surface area contributed by atoms with Gasteiger partial charge in [0.1, 0.15) is 6.61 Å². The van der Waals surface area contributed by atoms with Crippen molar-refractivity contribution in [1.82, 2.24) is 4.90 Å². The predicted molar refractivity (Wildman–Crippen MR) is 124 cm³/mol. The molecule has 11 heteroatoms. The van der Waals surface area contributed by atoms with E-state index in [1.807, 2.05) is 30.3 Å². The Balaban J connectivity index is 1.80. The number of phenols is 1. The zero-order chi connectivity index (χ0) is 23.9. The number of methoxy groups -OCH3 is 1. The Kier molecular flexibility index (Phi) is 6.37. The molecule has 0 saturated carbocycles. The van der Waals surface area contributed by atoms with E-state index in [1.54, 1.807) is 6.20 Å². The van der Waals surface area contributed by atoms with Gasteiger partial charge in [0.2, 0.25) is 3.79 Å². The third kappa shape index (κ3) is 4.56. The lowest BCUT2D eigenvalue weighted by molar-refractivity contribution is 0.0553. The van der Waals surface area contributed by atoms with Crippen LogP contribution in [0.5, 0.6) is 11.5 Å². The highest BCUT2D eigenvalue weighted by molar-refractivity contribution is 6.67. The first-order valence-electron chi connectivity index (χ1n) is 9.81. The number of amides is 2. The quantitative estimate of drug-likeness (QED) is 0.594. The van der Waals surface area contributed by atoms with Crippen molar-refractivity contribution in [3.8, 4) is 11.5 Å². The van der Waals surface area contributed by atoms with Crippen molar-refractivity contribution >= 4 is 58.1 Å². The van der Waals surface area contributed by atoms with E-state index < -0.39 is 34.7 Å². The fourth-order valence-corrected chi connectivity index (χ4v) is 4.07. The first-order valence-corrected chi connectivity index (χ1v) is 10.9. The third-order valence-corrected chi connectivity index (χ3v) is 5.74. The monoisotopic (exact) mass is 512 g/mol. The molecule has 33 heavy (non-hydrogen) atoms. The minimum absolute atomic E-state index is 0.0163. The molecule has 2 amide bonds. The van der Waals surface area contributed by atoms with Crippen molar-refractivity contribution in [2.45, 2.75) is 22.5 Å². The summed E-state index contributed by atoms with van der Waals surface area (Å²) in [5.74, 6) is -0.802. The summed E-state index contributed by atoms with van der Waals surface area (Å²) in [4.78, 5) is 28.7. The number of nitrogens with zero attached hydrogens (tertiary/aromatic N) is 2. The van der Waals surface area contributed by atoms with Gasteiger partial charge in [-0.25, -0.2) is 9.69 Å². The van der Waals surface area contributed by atoms with E-state index in [2.05, 4.69) is 0 Å². The van der Waals surface area contributed by atoms with E-state index in [4.69, 9.17) is 44.3 Å². The van der Waals surface area contributed by atoms with Gasteiger partial charge in [0.25, 0.3) is 5.91 Å². The van der Waals surface area contributed by atoms with Gasteiger partial charge in [-0.2, -0.15) is 0 Å². The Hall–Kier alpha value is -2.65. The molecule has 2 aliphatic heterocycles. The molecule has 0 saturated heterocycles. The van der Waals surface area contributed by atoms with Crippen molar-refractivity contribution in [2.24, 2.45) is 0 Å². The van der Waals surface area contributed by atoms with E-state index in [0.29, 0.717) is 0 Å². The number of hydrogen-bond donors (Lipinski definition) is 2. The van der Waals surface area contributed by atoms with Gasteiger partial charge in [0, 0.05) is 12.3 Å². The first kappa shape index (κ1) is 23.5. The van der Waals surface area contributed by atoms with E-state index in [9.17, 15) is 19.8 Å². The van der Waals surface area contributed by atoms with E-state index in [1.165, 1.54) is 18.1 Å². The highest BCUT2D eigenvalue weighted by Gasteiger charge is 2.46. The van der Waals surface area contributed by atoms with Crippen molar-refractivity contribution in [3.05, 3.63) is 59.8 Å². The second kappa shape index (κ2) is 8.95. The highest BCUT2D eigenvalue weighted by atomic mass is 35.6. The Bertz CT molecular complexity index is 1120. The van der Waals surface area contributed by atoms with Gasteiger partial charge in [-0.05, 0) is 23.6 Å². The van der Waals surface area contributed by atoms with Crippen LogP contribution in [0.15, 0.2) is 48.7 Å². The molecule has 0 bridgehead atoms. The molecular formula is C22H19Cl3N2O6. The van der Waals surface area contributed by atoms with Gasteiger partial charge in [0.15, 0.2) is 17.7 Å². The minimum Gasteiger partial charge on any atom is -0.504 e. The standard InChI is InChI=1S/C22H19Cl3N2O6/c1-32-18-8-14-15(9-17(18)28)27(21(31)33-11-22(23,24)25)20(30)16-7-13(10-26(16)19(14)29)12-5-3-2-4-6-12/h2-6,8-10,16,20,28,30H,7,11H2,1H3/t16-,20?/m0/s1. The van der Waals surface area contributed by atoms with Crippen LogP contribution < -0.4 is 9.64 Å². The lowest BCUT2D eigenvalue weighted by Crippen LogP contribution is -2.50. The van der Waals surface area contributed by atoms with E-state index in [-0.39, 0.29) is 29.2 Å². The molecule has 2 N–H and O–H groups in total. The Morgan fingerprint density at radius 2 is 1.91 bits per heavy atom. The average molecular weight is 514 g/mol. The van der Waals surface area contributed by atoms with Crippen LogP contribution in [0.3, 0.4) is 0 Å². The number of phenolic OH excluding ortho intramolecular Hbond substituents is 1. The number of alkyl halides is 3. The van der Waals surface area contributed by atoms with Crippen molar-refractivity contribution < 1.29 is 29.3 Å². The van der Waals surface area contributed by atoms with Gasteiger partial charge in [-0.15, -0.1) is 0 Å². The summed E-state index contributed by atoms with van der Waals surface area (Å²) in [5, 5.41) is 21.5. The summed E-state index contributed by atoms with van der Waals surface area (Å²) >= 11 is 17.1. The average Bonchev–Trinajstić information content (AvgIpc) is 3.20. The smallest absolute Gasteiger partial charge is 0.416 e. The van der Waals surface area contributed by atoms with E-state index >= 15 is 0 Å². The van der Waals surface area contributed by atoms with Crippen LogP contribution in [-0.4, -0.2) is 56.9 Å². The summed E-state index contributed by atoms with van der Waals surface area (Å²) < 4.78 is 8.34. The molecule has 2 aromatic carbocycles. The summed E-state index contributed by atoms with van der Waals surface area (Å²) in [6.07, 6.45) is -0.668. The molecule has 2 aromatic rings. The zero-order valence-corrected chi connectivity index (χ0v) is 19.5. The number of aliphatic hydroxyl groups is 1. The molecule has 8 nitrogen and oxygen atoms in total. The molecule has 2 aliphatic rings. The van der Waals surface area contributed by atoms with Gasteiger partial charge < -0.3 is 24.6 Å². The number of ether oxygens (including phenoxy) is 2. The number of anilines is 1. The molecule has 0 radical (unpaired) electrons. The molecule has 1 unspecified atom stereocenters. The van der Waals surface area contributed by atoms with Crippen LogP contribution >= 0.6 is 34.8 Å². The summed E-state index contributed by atoms with van der Waals surface area (Å²) in [6.45, 7) is -0.590. The summed E-state index contributed by atoms with van der Waals surface area (Å²) in [7, 11) is 1.33. The van der Waals surface area contributed by atoms with Crippen LogP contribution in [0.4, 0.5) is 10.5 Å². The summed E-state index contributed by atoms with van der Waals surface area (Å²) in [6, 6.07) is 11.0. The number of halogens is 3. The predicted octanol–water partition coefficient (Wildman–Crippen LogP) is 4.30. The topological polar surface area (TPSA) is 99.5 Å². The SMILES string of the molecule is COc1cc2c(cc1O)N(C(=O)OCC(Cl)(Cl)Cl)C(O)[C@@H]1CC(c3ccccc3)=CN1C2=O. The molecular weight excluding hydrogens is 495 g/mol. The van der Waals surface area contributed by atoms with E-state index in [0.717, 1.165) is 22.1 Å². The van der Waals surface area contributed by atoms with Crippen molar-refractivity contribution in [1.29, 1.82) is 0 Å². The second-order valence-electron chi connectivity index (χ2n) is 7.50. The molecule has 0 fully saturated rings. The van der Waals surface area contributed by atoms with Crippen molar-refractivity contribution in [3.63, 3.8) is 0 Å². The highest BCUT2D eigenvalue weighted by Crippen LogP contribution is 2.42. The molecule has 2 heterocycles. The number of aliphatic hydroxyl groups excluding tert-OH is 1. The Morgan fingerprint density at radius 3 is 2.55 bits per heavy atom. The lowest BCUT2D eigenvalue weighted by Gasteiger charge is -2.32. The number of benzene rings is 2. The van der Waals surface area contributed by atoms with Crippen LogP contribution in [0.25, 0.3) is 5.57 Å². The van der Waals surface area contributed by atoms with Crippen LogP contribution in [0.2, 0.25) is 0 Å². The Morgan fingerprint density at radius 1 is 1.21 bits per heavy atom. The van der Waals surface area contributed by atoms with Gasteiger partial charge in [-0.1, -0.05) is 65.1 Å². The molecule has 0 spiro atoms. The van der Waals surface area contributed by atoms with Gasteiger partial charge in [0.05, 0.1) is 24.4 Å². The maximum atomic E-state index is 13.5. The second-order valence-corrected chi connectivity index (χ2v) is 10.0. The largest absolute Gasteiger partial charge is 0.504 e.